The van der Waals surface area contributed by atoms with E-state index in [9.17, 15) is 4.39 Å². The van der Waals surface area contributed by atoms with E-state index in [0.29, 0.717) is 5.02 Å². The highest BCUT2D eigenvalue weighted by Gasteiger charge is 2.09. The molecule has 0 saturated carbocycles. The van der Waals surface area contributed by atoms with E-state index in [1.807, 2.05) is 29.8 Å². The Hall–Kier alpha value is -1.87. The molecule has 0 amide bonds. The summed E-state index contributed by atoms with van der Waals surface area (Å²) in [4.78, 5) is 4.54. The Kier molecular flexibility index (Phi) is 2.56. The van der Waals surface area contributed by atoms with Crippen LogP contribution in [0.1, 0.15) is 0 Å². The number of hydrogen-bond acceptors (Lipinski definition) is 1. The maximum Gasteiger partial charge on any atom is 0.140 e. The second-order valence-electron chi connectivity index (χ2n) is 4.13. The van der Waals surface area contributed by atoms with E-state index >= 15 is 0 Å². The summed E-state index contributed by atoms with van der Waals surface area (Å²) in [6.45, 7) is 0. The van der Waals surface area contributed by atoms with Crippen LogP contribution in [0.15, 0.2) is 42.5 Å². The molecule has 0 spiro atoms. The number of rotatable bonds is 1. The minimum Gasteiger partial charge on any atom is -0.327 e. The smallest absolute Gasteiger partial charge is 0.140 e. The molecule has 0 saturated heterocycles. The average molecular weight is 261 g/mol. The van der Waals surface area contributed by atoms with Crippen LogP contribution in [0.25, 0.3) is 22.4 Å². The number of benzene rings is 2. The molecule has 1 aromatic heterocycles. The summed E-state index contributed by atoms with van der Waals surface area (Å²) in [5.74, 6) is 0.549. The number of aryl methyl sites for hydroxylation is 1. The van der Waals surface area contributed by atoms with Crippen molar-refractivity contribution in [3.05, 3.63) is 53.3 Å². The second kappa shape index (κ2) is 4.10. The highest BCUT2D eigenvalue weighted by atomic mass is 35.5. The Bertz CT molecular complexity index is 716. The molecule has 0 fully saturated rings. The number of halogens is 2. The quantitative estimate of drug-likeness (QED) is 0.646. The van der Waals surface area contributed by atoms with Gasteiger partial charge in [0.15, 0.2) is 0 Å². The summed E-state index contributed by atoms with van der Waals surface area (Å²) in [5, 5.41) is 0.677. The van der Waals surface area contributed by atoms with Crippen LogP contribution < -0.4 is 0 Å². The third kappa shape index (κ3) is 1.77. The van der Waals surface area contributed by atoms with Gasteiger partial charge in [0.2, 0.25) is 0 Å². The van der Waals surface area contributed by atoms with Crippen LogP contribution in [-0.4, -0.2) is 9.55 Å². The van der Waals surface area contributed by atoms with Gasteiger partial charge in [-0.1, -0.05) is 11.6 Å². The first-order valence-electron chi connectivity index (χ1n) is 5.53. The lowest BCUT2D eigenvalue weighted by Crippen LogP contribution is -1.92. The number of hydrogen-bond donors (Lipinski definition) is 0. The first kappa shape index (κ1) is 11.2. The van der Waals surface area contributed by atoms with Crippen LogP contribution in [0.5, 0.6) is 0 Å². The minimum absolute atomic E-state index is 0.249. The zero-order chi connectivity index (χ0) is 12.7. The number of nitrogens with zero attached hydrogens (tertiary/aromatic N) is 2. The first-order chi connectivity index (χ1) is 8.65. The normalized spacial score (nSPS) is 11.1. The Balaban J connectivity index is 2.23. The van der Waals surface area contributed by atoms with Crippen molar-refractivity contribution in [3.63, 3.8) is 0 Å². The largest absolute Gasteiger partial charge is 0.327 e. The molecular formula is C14H10ClFN2. The van der Waals surface area contributed by atoms with E-state index in [2.05, 4.69) is 4.98 Å². The van der Waals surface area contributed by atoms with Crippen LogP contribution >= 0.6 is 11.6 Å². The molecule has 90 valence electrons. The van der Waals surface area contributed by atoms with Crippen molar-refractivity contribution in [2.75, 3.05) is 0 Å². The molecule has 18 heavy (non-hydrogen) atoms. The van der Waals surface area contributed by atoms with Crippen LogP contribution in [0, 0.1) is 5.82 Å². The number of fused-ring (bicyclic) bond motifs is 1. The Morgan fingerprint density at radius 3 is 2.56 bits per heavy atom. The predicted octanol–water partition coefficient (Wildman–Crippen LogP) is 4.03. The molecular weight excluding hydrogens is 251 g/mol. The fraction of sp³-hybridized carbons (Fsp3) is 0.0714. The lowest BCUT2D eigenvalue weighted by molar-refractivity contribution is 0.628. The molecule has 0 aliphatic heterocycles. The van der Waals surface area contributed by atoms with Crippen molar-refractivity contribution in [3.8, 4) is 11.4 Å². The van der Waals surface area contributed by atoms with Crippen molar-refractivity contribution in [1.29, 1.82) is 0 Å². The lowest BCUT2D eigenvalue weighted by atomic mass is 10.2. The van der Waals surface area contributed by atoms with E-state index in [1.54, 1.807) is 12.1 Å². The summed E-state index contributed by atoms with van der Waals surface area (Å²) in [5.41, 5.74) is 2.72. The van der Waals surface area contributed by atoms with Crippen LogP contribution in [0.3, 0.4) is 0 Å². The second-order valence-corrected chi connectivity index (χ2v) is 4.57. The van der Waals surface area contributed by atoms with E-state index in [-0.39, 0.29) is 5.82 Å². The summed E-state index contributed by atoms with van der Waals surface area (Å²) in [7, 11) is 1.92. The monoisotopic (exact) mass is 260 g/mol. The Labute approximate surface area is 109 Å². The Morgan fingerprint density at radius 2 is 1.83 bits per heavy atom. The fourth-order valence-corrected chi connectivity index (χ4v) is 2.19. The molecule has 0 unspecified atom stereocenters. The topological polar surface area (TPSA) is 17.8 Å². The molecule has 0 N–H and O–H groups in total. The summed E-state index contributed by atoms with van der Waals surface area (Å²) in [6, 6.07) is 11.9. The summed E-state index contributed by atoms with van der Waals surface area (Å²) in [6.07, 6.45) is 0. The van der Waals surface area contributed by atoms with Gasteiger partial charge in [-0.2, -0.15) is 0 Å². The van der Waals surface area contributed by atoms with Gasteiger partial charge in [0.25, 0.3) is 0 Å². The van der Waals surface area contributed by atoms with E-state index in [0.717, 1.165) is 22.4 Å². The van der Waals surface area contributed by atoms with Gasteiger partial charge >= 0.3 is 0 Å². The molecule has 0 radical (unpaired) electrons. The molecule has 0 bridgehead atoms. The average Bonchev–Trinajstić information content (AvgIpc) is 2.68. The van der Waals surface area contributed by atoms with Crippen molar-refractivity contribution < 1.29 is 4.39 Å². The third-order valence-corrected chi connectivity index (χ3v) is 3.18. The highest BCUT2D eigenvalue weighted by Crippen LogP contribution is 2.25. The molecule has 0 aliphatic rings. The highest BCUT2D eigenvalue weighted by molar-refractivity contribution is 6.31. The molecule has 2 aromatic carbocycles. The van der Waals surface area contributed by atoms with Crippen LogP contribution in [0.2, 0.25) is 5.02 Å². The van der Waals surface area contributed by atoms with Gasteiger partial charge in [0.1, 0.15) is 11.6 Å². The number of imidazole rings is 1. The third-order valence-electron chi connectivity index (χ3n) is 2.95. The zero-order valence-corrected chi connectivity index (χ0v) is 10.4. The minimum atomic E-state index is -0.249. The first-order valence-corrected chi connectivity index (χ1v) is 5.91. The molecule has 3 rings (SSSR count). The van der Waals surface area contributed by atoms with Crippen LogP contribution in [-0.2, 0) is 7.05 Å². The van der Waals surface area contributed by atoms with Gasteiger partial charge in [-0.05, 0) is 42.5 Å². The van der Waals surface area contributed by atoms with Crippen molar-refractivity contribution >= 4 is 22.6 Å². The maximum atomic E-state index is 12.9. The maximum absolute atomic E-state index is 12.9. The van der Waals surface area contributed by atoms with E-state index in [4.69, 9.17) is 11.6 Å². The van der Waals surface area contributed by atoms with Gasteiger partial charge < -0.3 is 4.57 Å². The van der Waals surface area contributed by atoms with Gasteiger partial charge in [-0.25, -0.2) is 9.37 Å². The van der Waals surface area contributed by atoms with Gasteiger partial charge in [-0.3, -0.25) is 0 Å². The molecule has 0 aliphatic carbocycles. The van der Waals surface area contributed by atoms with Crippen molar-refractivity contribution in [2.45, 2.75) is 0 Å². The van der Waals surface area contributed by atoms with Crippen LogP contribution in [0.4, 0.5) is 4.39 Å². The van der Waals surface area contributed by atoms with Gasteiger partial charge in [-0.15, -0.1) is 0 Å². The molecule has 0 atom stereocenters. The predicted molar refractivity (Wildman–Crippen MR) is 71.1 cm³/mol. The molecule has 1 heterocycles. The van der Waals surface area contributed by atoms with Gasteiger partial charge in [0.05, 0.1) is 11.0 Å². The van der Waals surface area contributed by atoms with Crippen molar-refractivity contribution in [1.82, 2.24) is 9.55 Å². The molecule has 4 heteroatoms. The summed E-state index contributed by atoms with van der Waals surface area (Å²) < 4.78 is 14.9. The SMILES string of the molecule is Cn1c(-c2ccc(F)cc2)nc2ccc(Cl)cc21. The fourth-order valence-electron chi connectivity index (χ4n) is 2.02. The van der Waals surface area contributed by atoms with E-state index in [1.165, 1.54) is 12.1 Å². The Morgan fingerprint density at radius 1 is 1.11 bits per heavy atom. The summed E-state index contributed by atoms with van der Waals surface area (Å²) >= 11 is 5.98. The molecule has 3 aromatic rings. The zero-order valence-electron chi connectivity index (χ0n) is 9.69. The number of aromatic nitrogens is 2. The van der Waals surface area contributed by atoms with Gasteiger partial charge in [0, 0.05) is 17.6 Å². The lowest BCUT2D eigenvalue weighted by Gasteiger charge is -2.02. The van der Waals surface area contributed by atoms with Crippen molar-refractivity contribution in [2.24, 2.45) is 7.05 Å². The van der Waals surface area contributed by atoms with E-state index < -0.39 is 0 Å². The molecule has 2 nitrogen and oxygen atoms in total. The standard InChI is InChI=1S/C14H10ClFN2/c1-18-13-8-10(15)4-7-12(13)17-14(18)9-2-5-11(16)6-3-9/h2-8H,1H3.